The van der Waals surface area contributed by atoms with E-state index in [1.165, 1.54) is 24.4 Å². The average molecular weight is 248 g/mol. The molecule has 0 aliphatic heterocycles. The fourth-order valence-electron chi connectivity index (χ4n) is 1.46. The van der Waals surface area contributed by atoms with Crippen LogP contribution in [0.4, 0.5) is 5.13 Å². The molecule has 0 unspecified atom stereocenters. The van der Waals surface area contributed by atoms with Crippen molar-refractivity contribution < 1.29 is 4.74 Å². The Morgan fingerprint density at radius 1 is 1.47 bits per heavy atom. The first kappa shape index (κ1) is 10.5. The summed E-state index contributed by atoms with van der Waals surface area (Å²) in [5.74, 6) is 2.11. The molecule has 2 aromatic rings. The normalized spacial score (nSPS) is 14.8. The molecule has 0 amide bonds. The van der Waals surface area contributed by atoms with Gasteiger partial charge in [-0.1, -0.05) is 0 Å². The molecule has 1 saturated carbocycles. The maximum atomic E-state index is 5.68. The van der Waals surface area contributed by atoms with E-state index < -0.39 is 0 Å². The zero-order chi connectivity index (χ0) is 11.7. The van der Waals surface area contributed by atoms with Crippen LogP contribution in [0.2, 0.25) is 0 Å². The zero-order valence-electron chi connectivity index (χ0n) is 9.17. The Labute approximate surface area is 103 Å². The van der Waals surface area contributed by atoms with Crippen LogP contribution in [-0.2, 0) is 0 Å². The van der Waals surface area contributed by atoms with Gasteiger partial charge in [-0.05, 0) is 24.8 Å². The molecule has 1 fully saturated rings. The van der Waals surface area contributed by atoms with Gasteiger partial charge in [-0.25, -0.2) is 0 Å². The lowest BCUT2D eigenvalue weighted by atomic mass is 10.3. The average Bonchev–Trinajstić information content (AvgIpc) is 3.08. The Morgan fingerprint density at radius 2 is 2.35 bits per heavy atom. The SMILES string of the molecule is Nc1nc(-c2cc(OCC3CC3)ccn2)ns1. The van der Waals surface area contributed by atoms with Crippen molar-refractivity contribution in [3.8, 4) is 17.3 Å². The smallest absolute Gasteiger partial charge is 0.200 e. The molecule has 0 spiro atoms. The summed E-state index contributed by atoms with van der Waals surface area (Å²) in [4.78, 5) is 8.31. The summed E-state index contributed by atoms with van der Waals surface area (Å²) in [6.07, 6.45) is 4.26. The molecule has 2 N–H and O–H groups in total. The summed E-state index contributed by atoms with van der Waals surface area (Å²) in [6, 6.07) is 3.70. The minimum Gasteiger partial charge on any atom is -0.493 e. The number of aromatic nitrogens is 3. The molecule has 0 radical (unpaired) electrons. The van der Waals surface area contributed by atoms with Crippen molar-refractivity contribution in [1.29, 1.82) is 0 Å². The first-order chi connectivity index (χ1) is 8.31. The van der Waals surface area contributed by atoms with Crippen LogP contribution < -0.4 is 10.5 Å². The topological polar surface area (TPSA) is 73.9 Å². The van der Waals surface area contributed by atoms with Gasteiger partial charge in [0.25, 0.3) is 0 Å². The molecule has 3 rings (SSSR count). The third-order valence-electron chi connectivity index (χ3n) is 2.58. The van der Waals surface area contributed by atoms with Gasteiger partial charge in [-0.3, -0.25) is 4.98 Å². The highest BCUT2D eigenvalue weighted by Gasteiger charge is 2.22. The van der Waals surface area contributed by atoms with E-state index in [-0.39, 0.29) is 0 Å². The molecule has 6 heteroatoms. The van der Waals surface area contributed by atoms with E-state index in [4.69, 9.17) is 10.5 Å². The van der Waals surface area contributed by atoms with E-state index in [0.29, 0.717) is 16.6 Å². The molecule has 0 saturated heterocycles. The van der Waals surface area contributed by atoms with Crippen molar-refractivity contribution in [2.75, 3.05) is 12.3 Å². The number of ether oxygens (including phenoxy) is 1. The van der Waals surface area contributed by atoms with Gasteiger partial charge in [0, 0.05) is 23.8 Å². The molecule has 88 valence electrons. The molecule has 5 nitrogen and oxygen atoms in total. The summed E-state index contributed by atoms with van der Waals surface area (Å²) >= 11 is 1.17. The van der Waals surface area contributed by atoms with Crippen molar-refractivity contribution in [2.24, 2.45) is 5.92 Å². The number of nitrogen functional groups attached to an aromatic ring is 1. The maximum Gasteiger partial charge on any atom is 0.200 e. The van der Waals surface area contributed by atoms with Crippen molar-refractivity contribution in [2.45, 2.75) is 12.8 Å². The lowest BCUT2D eigenvalue weighted by molar-refractivity contribution is 0.299. The molecule has 1 aliphatic rings. The summed E-state index contributed by atoms with van der Waals surface area (Å²) in [6.45, 7) is 0.788. The standard InChI is InChI=1S/C11H12N4OS/c12-11-14-10(15-17-11)9-5-8(3-4-13-9)16-6-7-1-2-7/h3-5,7H,1-2,6H2,(H2,12,14,15). The molecule has 0 bridgehead atoms. The zero-order valence-corrected chi connectivity index (χ0v) is 9.98. The summed E-state index contributed by atoms with van der Waals surface area (Å²) in [5, 5.41) is 0.450. The van der Waals surface area contributed by atoms with Crippen LogP contribution in [0.3, 0.4) is 0 Å². The molecule has 2 aromatic heterocycles. The number of pyridine rings is 1. The second-order valence-electron chi connectivity index (χ2n) is 4.09. The number of nitrogens with zero attached hydrogens (tertiary/aromatic N) is 3. The summed E-state index contributed by atoms with van der Waals surface area (Å²) < 4.78 is 9.80. The second kappa shape index (κ2) is 4.29. The first-order valence-corrected chi connectivity index (χ1v) is 6.27. The van der Waals surface area contributed by atoms with Crippen LogP contribution >= 0.6 is 11.5 Å². The van der Waals surface area contributed by atoms with E-state index in [2.05, 4.69) is 14.3 Å². The van der Waals surface area contributed by atoms with E-state index in [0.717, 1.165) is 18.3 Å². The van der Waals surface area contributed by atoms with Crippen LogP contribution in [0.1, 0.15) is 12.8 Å². The van der Waals surface area contributed by atoms with Gasteiger partial charge in [-0.2, -0.15) is 9.36 Å². The molecule has 0 aromatic carbocycles. The van der Waals surface area contributed by atoms with Gasteiger partial charge >= 0.3 is 0 Å². The van der Waals surface area contributed by atoms with E-state index in [1.54, 1.807) is 6.20 Å². The van der Waals surface area contributed by atoms with Crippen molar-refractivity contribution in [3.63, 3.8) is 0 Å². The highest BCUT2D eigenvalue weighted by molar-refractivity contribution is 7.09. The molecule has 2 heterocycles. The van der Waals surface area contributed by atoms with Gasteiger partial charge in [0.05, 0.1) is 6.61 Å². The minimum atomic E-state index is 0.450. The van der Waals surface area contributed by atoms with Crippen molar-refractivity contribution in [3.05, 3.63) is 18.3 Å². The van der Waals surface area contributed by atoms with E-state index >= 15 is 0 Å². The van der Waals surface area contributed by atoms with Crippen LogP contribution in [0, 0.1) is 5.92 Å². The molecule has 0 atom stereocenters. The summed E-state index contributed by atoms with van der Waals surface area (Å²) in [7, 11) is 0. The van der Waals surface area contributed by atoms with Gasteiger partial charge in [-0.15, -0.1) is 0 Å². The second-order valence-corrected chi connectivity index (χ2v) is 4.87. The Kier molecular flexibility index (Phi) is 2.64. The van der Waals surface area contributed by atoms with Gasteiger partial charge in [0.2, 0.25) is 0 Å². The molecular weight excluding hydrogens is 236 g/mol. The molecule has 17 heavy (non-hydrogen) atoms. The third-order valence-corrected chi connectivity index (χ3v) is 3.13. The number of hydrogen-bond acceptors (Lipinski definition) is 6. The largest absolute Gasteiger partial charge is 0.493 e. The third kappa shape index (κ3) is 2.52. The number of nitrogens with two attached hydrogens (primary N) is 1. The Morgan fingerprint density at radius 3 is 3.06 bits per heavy atom. The Hall–Kier alpha value is -1.69. The van der Waals surface area contributed by atoms with Gasteiger partial charge in [0.15, 0.2) is 11.0 Å². The Bertz CT molecular complexity index is 524. The van der Waals surface area contributed by atoms with Crippen LogP contribution in [0.5, 0.6) is 5.75 Å². The lowest BCUT2D eigenvalue weighted by Crippen LogP contribution is -1.99. The van der Waals surface area contributed by atoms with Crippen LogP contribution in [0.15, 0.2) is 18.3 Å². The van der Waals surface area contributed by atoms with Crippen LogP contribution in [0.25, 0.3) is 11.5 Å². The van der Waals surface area contributed by atoms with Crippen LogP contribution in [-0.4, -0.2) is 20.9 Å². The van der Waals surface area contributed by atoms with Crippen molar-refractivity contribution in [1.82, 2.24) is 14.3 Å². The van der Waals surface area contributed by atoms with Gasteiger partial charge in [0.1, 0.15) is 11.4 Å². The monoisotopic (exact) mass is 248 g/mol. The lowest BCUT2D eigenvalue weighted by Gasteiger charge is -2.05. The van der Waals surface area contributed by atoms with Crippen molar-refractivity contribution >= 4 is 16.7 Å². The van der Waals surface area contributed by atoms with E-state index in [9.17, 15) is 0 Å². The predicted octanol–water partition coefficient (Wildman–Crippen LogP) is 1.97. The Balaban J connectivity index is 1.77. The molecule has 1 aliphatic carbocycles. The number of rotatable bonds is 4. The number of hydrogen-bond donors (Lipinski definition) is 1. The molecular formula is C11H12N4OS. The minimum absolute atomic E-state index is 0.450. The maximum absolute atomic E-state index is 5.68. The fraction of sp³-hybridized carbons (Fsp3) is 0.364. The first-order valence-electron chi connectivity index (χ1n) is 5.49. The fourth-order valence-corrected chi connectivity index (χ4v) is 1.90. The highest BCUT2D eigenvalue weighted by Crippen LogP contribution is 2.30. The highest BCUT2D eigenvalue weighted by atomic mass is 32.1. The predicted molar refractivity (Wildman–Crippen MR) is 65.8 cm³/mol. The van der Waals surface area contributed by atoms with Gasteiger partial charge < -0.3 is 10.5 Å². The van der Waals surface area contributed by atoms with E-state index in [1.807, 2.05) is 12.1 Å². The summed E-state index contributed by atoms with van der Waals surface area (Å²) in [5.41, 5.74) is 6.25. The number of anilines is 1. The quantitative estimate of drug-likeness (QED) is 0.895.